The lowest BCUT2D eigenvalue weighted by Gasteiger charge is -2.32. The number of hydrogen-bond acceptors (Lipinski definition) is 5. The van der Waals surface area contributed by atoms with Crippen molar-refractivity contribution in [3.05, 3.63) is 54.1 Å². The van der Waals surface area contributed by atoms with Crippen LogP contribution in [0, 0.1) is 11.8 Å². The standard InChI is InChI=1S/C25H28N2O5/c1-31-23(28)16-32-19-12-10-18(11-13-19)26-24(29)20-7-3-4-8-21(20)25(30)27-15-14-17-6-2-5-9-22(17)27/h2,5-6,9-13,20-21H,3-4,7-8,14-16H2,1H3,(H,26,29). The van der Waals surface area contributed by atoms with Crippen molar-refractivity contribution < 1.29 is 23.9 Å². The van der Waals surface area contributed by atoms with Gasteiger partial charge in [-0.3, -0.25) is 9.59 Å². The van der Waals surface area contributed by atoms with Crippen molar-refractivity contribution in [3.63, 3.8) is 0 Å². The molecule has 2 unspecified atom stereocenters. The highest BCUT2D eigenvalue weighted by Crippen LogP contribution is 2.36. The Hall–Kier alpha value is -3.35. The maximum absolute atomic E-state index is 13.4. The van der Waals surface area contributed by atoms with Gasteiger partial charge < -0.3 is 19.7 Å². The third kappa shape index (κ3) is 4.77. The molecular formula is C25H28N2O5. The number of nitrogens with zero attached hydrogens (tertiary/aromatic N) is 1. The first-order valence-corrected chi connectivity index (χ1v) is 11.1. The van der Waals surface area contributed by atoms with E-state index in [4.69, 9.17) is 4.74 Å². The van der Waals surface area contributed by atoms with E-state index >= 15 is 0 Å². The molecule has 168 valence electrons. The molecule has 32 heavy (non-hydrogen) atoms. The van der Waals surface area contributed by atoms with E-state index in [1.165, 1.54) is 12.7 Å². The molecule has 7 heteroatoms. The summed E-state index contributed by atoms with van der Waals surface area (Å²) in [5.74, 6) is -0.681. The Morgan fingerprint density at radius 3 is 2.47 bits per heavy atom. The summed E-state index contributed by atoms with van der Waals surface area (Å²) < 4.78 is 9.88. The molecule has 1 aliphatic carbocycles. The minimum Gasteiger partial charge on any atom is -0.482 e. The Balaban J connectivity index is 1.41. The fourth-order valence-corrected chi connectivity index (χ4v) is 4.58. The van der Waals surface area contributed by atoms with Gasteiger partial charge in [-0.25, -0.2) is 4.79 Å². The van der Waals surface area contributed by atoms with Crippen molar-refractivity contribution in [2.24, 2.45) is 11.8 Å². The molecule has 7 nitrogen and oxygen atoms in total. The van der Waals surface area contributed by atoms with Crippen LogP contribution in [0.2, 0.25) is 0 Å². The Morgan fingerprint density at radius 1 is 1.00 bits per heavy atom. The van der Waals surface area contributed by atoms with Crippen molar-refractivity contribution in [1.29, 1.82) is 0 Å². The molecule has 1 heterocycles. The minimum atomic E-state index is -0.462. The molecule has 0 radical (unpaired) electrons. The molecule has 0 aromatic heterocycles. The first kappa shape index (κ1) is 21.9. The molecule has 0 spiro atoms. The number of ether oxygens (including phenoxy) is 2. The van der Waals surface area contributed by atoms with Gasteiger partial charge in [0.2, 0.25) is 11.8 Å². The second kappa shape index (κ2) is 9.85. The molecule has 0 bridgehead atoms. The summed E-state index contributed by atoms with van der Waals surface area (Å²) in [6.45, 7) is 0.504. The van der Waals surface area contributed by atoms with E-state index in [0.717, 1.165) is 31.4 Å². The predicted molar refractivity (Wildman–Crippen MR) is 121 cm³/mol. The Bertz CT molecular complexity index is 988. The summed E-state index contributed by atoms with van der Waals surface area (Å²) in [4.78, 5) is 39.6. The molecular weight excluding hydrogens is 408 g/mol. The second-order valence-electron chi connectivity index (χ2n) is 8.24. The van der Waals surface area contributed by atoms with Gasteiger partial charge in [-0.05, 0) is 55.2 Å². The summed E-state index contributed by atoms with van der Waals surface area (Å²) in [6, 6.07) is 14.8. The number of carbonyl (C=O) groups excluding carboxylic acids is 3. The van der Waals surface area contributed by atoms with Crippen molar-refractivity contribution >= 4 is 29.2 Å². The van der Waals surface area contributed by atoms with Crippen LogP contribution >= 0.6 is 0 Å². The molecule has 2 atom stereocenters. The molecule has 0 saturated heterocycles. The first-order chi connectivity index (χ1) is 15.6. The summed E-state index contributed by atoms with van der Waals surface area (Å²) in [6.07, 6.45) is 4.20. The number of rotatable bonds is 6. The molecule has 2 amide bonds. The number of para-hydroxylation sites is 1. The normalized spacial score (nSPS) is 19.7. The zero-order chi connectivity index (χ0) is 22.5. The Labute approximate surface area is 187 Å². The van der Waals surface area contributed by atoms with Crippen LogP contribution in [-0.4, -0.2) is 38.0 Å². The lowest BCUT2D eigenvalue weighted by molar-refractivity contribution is -0.142. The van der Waals surface area contributed by atoms with Crippen molar-refractivity contribution in [2.75, 3.05) is 30.5 Å². The number of hydrogen-bond donors (Lipinski definition) is 1. The van der Waals surface area contributed by atoms with Crippen LogP contribution in [-0.2, 0) is 25.5 Å². The van der Waals surface area contributed by atoms with Gasteiger partial charge in [0.1, 0.15) is 5.75 Å². The van der Waals surface area contributed by atoms with Crippen LogP contribution in [0.15, 0.2) is 48.5 Å². The van der Waals surface area contributed by atoms with Crippen molar-refractivity contribution in [3.8, 4) is 5.75 Å². The van der Waals surface area contributed by atoms with Crippen LogP contribution in [0.4, 0.5) is 11.4 Å². The van der Waals surface area contributed by atoms with Crippen LogP contribution < -0.4 is 15.0 Å². The largest absolute Gasteiger partial charge is 0.482 e. The highest BCUT2D eigenvalue weighted by atomic mass is 16.6. The molecule has 1 N–H and O–H groups in total. The quantitative estimate of drug-likeness (QED) is 0.700. The monoisotopic (exact) mass is 436 g/mol. The summed E-state index contributed by atoms with van der Waals surface area (Å²) >= 11 is 0. The molecule has 2 aromatic rings. The topological polar surface area (TPSA) is 84.9 Å². The van der Waals surface area contributed by atoms with E-state index in [1.807, 2.05) is 23.1 Å². The van der Waals surface area contributed by atoms with Gasteiger partial charge in [0.15, 0.2) is 6.61 Å². The SMILES string of the molecule is COC(=O)COc1ccc(NC(=O)C2CCCCC2C(=O)N2CCc3ccccc32)cc1. The van der Waals surface area contributed by atoms with E-state index in [-0.39, 0.29) is 30.3 Å². The lowest BCUT2D eigenvalue weighted by atomic mass is 9.77. The number of methoxy groups -OCH3 is 1. The number of nitrogens with one attached hydrogen (secondary N) is 1. The van der Waals surface area contributed by atoms with Gasteiger partial charge >= 0.3 is 5.97 Å². The number of amides is 2. The molecule has 2 aliphatic rings. The smallest absolute Gasteiger partial charge is 0.343 e. The molecule has 1 saturated carbocycles. The van der Waals surface area contributed by atoms with E-state index in [1.54, 1.807) is 24.3 Å². The molecule has 1 fully saturated rings. The first-order valence-electron chi connectivity index (χ1n) is 11.1. The van der Waals surface area contributed by atoms with Gasteiger partial charge in [-0.2, -0.15) is 0 Å². The van der Waals surface area contributed by atoms with E-state index in [0.29, 0.717) is 24.4 Å². The minimum absolute atomic E-state index is 0.0568. The van der Waals surface area contributed by atoms with E-state index in [9.17, 15) is 14.4 Å². The summed E-state index contributed by atoms with van der Waals surface area (Å²) in [7, 11) is 1.30. The Morgan fingerprint density at radius 2 is 1.72 bits per heavy atom. The van der Waals surface area contributed by atoms with Gasteiger partial charge in [-0.1, -0.05) is 31.0 Å². The molecule has 2 aromatic carbocycles. The maximum Gasteiger partial charge on any atom is 0.343 e. The van der Waals surface area contributed by atoms with Crippen LogP contribution in [0.25, 0.3) is 0 Å². The number of carbonyl (C=O) groups is 3. The predicted octanol–water partition coefficient (Wildman–Crippen LogP) is 3.57. The van der Waals surface area contributed by atoms with Gasteiger partial charge in [-0.15, -0.1) is 0 Å². The average Bonchev–Trinajstić information content (AvgIpc) is 3.27. The number of benzene rings is 2. The summed E-state index contributed by atoms with van der Waals surface area (Å²) in [5, 5.41) is 2.95. The van der Waals surface area contributed by atoms with Crippen molar-refractivity contribution in [1.82, 2.24) is 0 Å². The highest BCUT2D eigenvalue weighted by Gasteiger charge is 2.39. The zero-order valence-corrected chi connectivity index (χ0v) is 18.2. The number of anilines is 2. The van der Waals surface area contributed by atoms with E-state index < -0.39 is 5.97 Å². The lowest BCUT2D eigenvalue weighted by Crippen LogP contribution is -2.43. The van der Waals surface area contributed by atoms with Gasteiger partial charge in [0, 0.05) is 23.8 Å². The van der Waals surface area contributed by atoms with Crippen LogP contribution in [0.3, 0.4) is 0 Å². The van der Waals surface area contributed by atoms with Crippen LogP contribution in [0.5, 0.6) is 5.75 Å². The van der Waals surface area contributed by atoms with Crippen LogP contribution in [0.1, 0.15) is 31.2 Å². The fourth-order valence-electron chi connectivity index (χ4n) is 4.58. The highest BCUT2D eigenvalue weighted by molar-refractivity contribution is 6.02. The zero-order valence-electron chi connectivity index (χ0n) is 18.2. The van der Waals surface area contributed by atoms with Crippen molar-refractivity contribution in [2.45, 2.75) is 32.1 Å². The number of esters is 1. The van der Waals surface area contributed by atoms with E-state index in [2.05, 4.69) is 16.1 Å². The van der Waals surface area contributed by atoms with Gasteiger partial charge in [0.25, 0.3) is 0 Å². The second-order valence-corrected chi connectivity index (χ2v) is 8.24. The third-order valence-corrected chi connectivity index (χ3v) is 6.28. The summed E-state index contributed by atoms with van der Waals surface area (Å²) in [5.41, 5.74) is 2.79. The third-order valence-electron chi connectivity index (χ3n) is 6.28. The Kier molecular flexibility index (Phi) is 6.73. The number of fused-ring (bicyclic) bond motifs is 1. The van der Waals surface area contributed by atoms with Gasteiger partial charge in [0.05, 0.1) is 13.0 Å². The average molecular weight is 437 g/mol. The molecule has 1 aliphatic heterocycles. The molecule has 4 rings (SSSR count). The fraction of sp³-hybridized carbons (Fsp3) is 0.400. The maximum atomic E-state index is 13.4.